The van der Waals surface area contributed by atoms with Gasteiger partial charge in [-0.25, -0.2) is 0 Å². The van der Waals surface area contributed by atoms with Crippen molar-refractivity contribution in [2.45, 2.75) is 13.8 Å². The molecule has 0 aliphatic carbocycles. The summed E-state index contributed by atoms with van der Waals surface area (Å²) < 4.78 is 6.89. The summed E-state index contributed by atoms with van der Waals surface area (Å²) in [6, 6.07) is 14.7. The Morgan fingerprint density at radius 1 is 1.15 bits per heavy atom. The van der Waals surface area contributed by atoms with Crippen LogP contribution in [0.2, 0.25) is 0 Å². The van der Waals surface area contributed by atoms with Crippen LogP contribution in [0.3, 0.4) is 0 Å². The van der Waals surface area contributed by atoms with E-state index in [4.69, 9.17) is 4.74 Å². The van der Waals surface area contributed by atoms with Gasteiger partial charge < -0.3 is 4.74 Å². The van der Waals surface area contributed by atoms with Crippen LogP contribution in [0, 0.1) is 6.92 Å². The second kappa shape index (κ2) is 6.77. The van der Waals surface area contributed by atoms with Crippen molar-refractivity contribution in [2.75, 3.05) is 0 Å². The van der Waals surface area contributed by atoms with Gasteiger partial charge in [0.2, 0.25) is 4.96 Å². The Balaban J connectivity index is 1.71. The molecule has 2 aromatic carbocycles. The average molecular weight is 377 g/mol. The molecule has 134 valence electrons. The van der Waals surface area contributed by atoms with Gasteiger partial charge in [-0.1, -0.05) is 47.7 Å². The fraction of sp³-hybridized carbons (Fsp3) is 0.100. The molecule has 0 amide bonds. The SMILES string of the molecule is CC(=O)Oc1ccc(C=c2sc3nc(-c4ccccc4C)nn3c2=O)cc1. The minimum atomic E-state index is -0.372. The minimum absolute atomic E-state index is 0.202. The number of thiazole rings is 1. The van der Waals surface area contributed by atoms with Crippen LogP contribution in [0.5, 0.6) is 5.75 Å². The third-order valence-electron chi connectivity index (χ3n) is 4.01. The number of esters is 1. The topological polar surface area (TPSA) is 73.6 Å². The summed E-state index contributed by atoms with van der Waals surface area (Å²) in [6.07, 6.45) is 1.77. The number of aromatic nitrogens is 3. The lowest BCUT2D eigenvalue weighted by Crippen LogP contribution is -2.23. The summed E-state index contributed by atoms with van der Waals surface area (Å²) in [5, 5.41) is 4.38. The Morgan fingerprint density at radius 2 is 1.89 bits per heavy atom. The van der Waals surface area contributed by atoms with Crippen LogP contribution in [0.4, 0.5) is 0 Å². The molecule has 0 unspecified atom stereocenters. The van der Waals surface area contributed by atoms with Gasteiger partial charge in [0.05, 0.1) is 4.53 Å². The van der Waals surface area contributed by atoms with Crippen molar-refractivity contribution in [1.82, 2.24) is 14.6 Å². The molecule has 0 aliphatic rings. The normalized spacial score (nSPS) is 11.9. The summed E-state index contributed by atoms with van der Waals surface area (Å²) in [6.45, 7) is 3.34. The largest absolute Gasteiger partial charge is 0.427 e. The van der Waals surface area contributed by atoms with Gasteiger partial charge in [-0.15, -0.1) is 5.10 Å². The van der Waals surface area contributed by atoms with E-state index in [0.29, 0.717) is 21.1 Å². The quantitative estimate of drug-likeness (QED) is 0.405. The Bertz CT molecular complexity index is 1260. The zero-order chi connectivity index (χ0) is 19.0. The van der Waals surface area contributed by atoms with Crippen molar-refractivity contribution in [3.05, 3.63) is 74.5 Å². The Hall–Kier alpha value is -3.32. The van der Waals surface area contributed by atoms with Crippen LogP contribution in [-0.2, 0) is 4.79 Å². The molecular formula is C20H15N3O3S. The predicted octanol–water partition coefficient (Wildman–Crippen LogP) is 2.60. The summed E-state index contributed by atoms with van der Waals surface area (Å²) in [5.41, 5.74) is 2.60. The van der Waals surface area contributed by atoms with Gasteiger partial charge in [0.15, 0.2) is 5.82 Å². The number of fused-ring (bicyclic) bond motifs is 1. The fourth-order valence-corrected chi connectivity index (χ4v) is 3.63. The number of nitrogens with zero attached hydrogens (tertiary/aromatic N) is 3. The molecule has 0 saturated carbocycles. The number of hydrogen-bond acceptors (Lipinski definition) is 6. The fourth-order valence-electron chi connectivity index (χ4n) is 2.72. The average Bonchev–Trinajstić information content (AvgIpc) is 3.17. The van der Waals surface area contributed by atoms with Crippen LogP contribution in [0.25, 0.3) is 22.4 Å². The van der Waals surface area contributed by atoms with Crippen molar-refractivity contribution >= 4 is 28.3 Å². The Morgan fingerprint density at radius 3 is 2.56 bits per heavy atom. The number of benzene rings is 2. The molecule has 0 atom stereocenters. The number of aryl methyl sites for hydroxylation is 1. The van der Waals surface area contributed by atoms with Crippen molar-refractivity contribution < 1.29 is 9.53 Å². The van der Waals surface area contributed by atoms with Crippen LogP contribution >= 0.6 is 11.3 Å². The van der Waals surface area contributed by atoms with E-state index in [1.54, 1.807) is 30.3 Å². The van der Waals surface area contributed by atoms with Gasteiger partial charge in [-0.2, -0.15) is 9.50 Å². The first-order valence-electron chi connectivity index (χ1n) is 8.27. The highest BCUT2D eigenvalue weighted by molar-refractivity contribution is 7.15. The first-order valence-corrected chi connectivity index (χ1v) is 9.09. The van der Waals surface area contributed by atoms with Crippen molar-refractivity contribution in [3.63, 3.8) is 0 Å². The molecule has 0 spiro atoms. The second-order valence-electron chi connectivity index (χ2n) is 6.02. The molecule has 7 heteroatoms. The summed E-state index contributed by atoms with van der Waals surface area (Å²) in [5.74, 6) is 0.643. The third kappa shape index (κ3) is 3.37. The highest BCUT2D eigenvalue weighted by Gasteiger charge is 2.13. The predicted molar refractivity (Wildman–Crippen MR) is 104 cm³/mol. The zero-order valence-electron chi connectivity index (χ0n) is 14.7. The first kappa shape index (κ1) is 17.1. The maximum absolute atomic E-state index is 12.6. The standard InChI is InChI=1S/C20H15N3O3S/c1-12-5-3-4-6-16(12)18-21-20-23(22-18)19(25)17(27-20)11-14-7-9-15(10-8-14)26-13(2)24/h3-11H,1-2H3. The van der Waals surface area contributed by atoms with Gasteiger partial charge in [-0.05, 0) is 36.3 Å². The number of rotatable bonds is 3. The van der Waals surface area contributed by atoms with E-state index in [2.05, 4.69) is 10.1 Å². The smallest absolute Gasteiger partial charge is 0.308 e. The maximum atomic E-state index is 12.6. The number of hydrogen-bond donors (Lipinski definition) is 0. The van der Waals surface area contributed by atoms with E-state index >= 15 is 0 Å². The zero-order valence-corrected chi connectivity index (χ0v) is 15.5. The molecule has 0 fully saturated rings. The van der Waals surface area contributed by atoms with Gasteiger partial charge in [0.25, 0.3) is 5.56 Å². The van der Waals surface area contributed by atoms with Gasteiger partial charge >= 0.3 is 5.97 Å². The molecule has 6 nitrogen and oxygen atoms in total. The van der Waals surface area contributed by atoms with Crippen LogP contribution in [0.1, 0.15) is 18.1 Å². The van der Waals surface area contributed by atoms with Gasteiger partial charge in [0.1, 0.15) is 5.75 Å². The van der Waals surface area contributed by atoms with E-state index in [1.807, 2.05) is 31.2 Å². The van der Waals surface area contributed by atoms with E-state index in [-0.39, 0.29) is 11.5 Å². The van der Waals surface area contributed by atoms with Crippen molar-refractivity contribution in [1.29, 1.82) is 0 Å². The molecule has 0 aliphatic heterocycles. The first-order chi connectivity index (χ1) is 13.0. The number of ether oxygens (including phenoxy) is 1. The van der Waals surface area contributed by atoms with E-state index in [1.165, 1.54) is 22.8 Å². The molecule has 27 heavy (non-hydrogen) atoms. The summed E-state index contributed by atoms with van der Waals surface area (Å²) in [7, 11) is 0. The molecule has 0 saturated heterocycles. The van der Waals surface area contributed by atoms with Gasteiger partial charge in [0, 0.05) is 12.5 Å². The van der Waals surface area contributed by atoms with E-state index < -0.39 is 0 Å². The molecule has 4 rings (SSSR count). The molecule has 0 bridgehead atoms. The molecule has 4 aromatic rings. The van der Waals surface area contributed by atoms with Crippen LogP contribution in [-0.4, -0.2) is 20.6 Å². The monoisotopic (exact) mass is 377 g/mol. The van der Waals surface area contributed by atoms with E-state index in [9.17, 15) is 9.59 Å². The highest BCUT2D eigenvalue weighted by atomic mass is 32.1. The molecule has 2 aromatic heterocycles. The minimum Gasteiger partial charge on any atom is -0.427 e. The lowest BCUT2D eigenvalue weighted by atomic mass is 10.1. The highest BCUT2D eigenvalue weighted by Crippen LogP contribution is 2.20. The Kier molecular flexibility index (Phi) is 4.29. The van der Waals surface area contributed by atoms with Crippen LogP contribution in [0.15, 0.2) is 53.3 Å². The van der Waals surface area contributed by atoms with Crippen molar-refractivity contribution in [3.8, 4) is 17.1 Å². The van der Waals surface area contributed by atoms with Gasteiger partial charge in [-0.3, -0.25) is 9.59 Å². The third-order valence-corrected chi connectivity index (χ3v) is 4.97. The number of carbonyl (C=O) groups is 1. The lowest BCUT2D eigenvalue weighted by Gasteiger charge is -2.00. The molecule has 2 heterocycles. The Labute approximate surface area is 158 Å². The van der Waals surface area contributed by atoms with Crippen LogP contribution < -0.4 is 14.8 Å². The molecular weight excluding hydrogens is 362 g/mol. The summed E-state index contributed by atoms with van der Waals surface area (Å²) >= 11 is 1.29. The second-order valence-corrected chi connectivity index (χ2v) is 7.03. The van der Waals surface area contributed by atoms with E-state index in [0.717, 1.165) is 16.7 Å². The molecule has 0 radical (unpaired) electrons. The maximum Gasteiger partial charge on any atom is 0.308 e. The number of carbonyl (C=O) groups excluding carboxylic acids is 1. The summed E-state index contributed by atoms with van der Waals surface area (Å²) in [4.78, 5) is 28.7. The van der Waals surface area contributed by atoms with Crippen molar-refractivity contribution in [2.24, 2.45) is 0 Å². The molecule has 0 N–H and O–H groups in total. The lowest BCUT2D eigenvalue weighted by molar-refractivity contribution is -0.131.